The monoisotopic (exact) mass is 495 g/mol. The molecule has 2 aliphatic rings. The molecule has 1 saturated heterocycles. The minimum atomic E-state index is -2.98. The number of amides is 1. The molecule has 11 heteroatoms. The van der Waals surface area contributed by atoms with Crippen LogP contribution in [0.25, 0.3) is 10.9 Å². The van der Waals surface area contributed by atoms with Crippen LogP contribution < -0.4 is 20.3 Å². The first-order chi connectivity index (χ1) is 16.8. The Labute approximate surface area is 203 Å². The average molecular weight is 496 g/mol. The van der Waals surface area contributed by atoms with E-state index in [4.69, 9.17) is 10.00 Å². The van der Waals surface area contributed by atoms with Crippen LogP contribution in [0.4, 0.5) is 0 Å². The molecule has 5 rings (SSSR count). The highest BCUT2D eigenvalue weighted by molar-refractivity contribution is 8.24. The van der Waals surface area contributed by atoms with Gasteiger partial charge >= 0.3 is 0 Å². The van der Waals surface area contributed by atoms with Gasteiger partial charge in [0.25, 0.3) is 11.5 Å². The van der Waals surface area contributed by atoms with Crippen LogP contribution in [0.5, 0.6) is 5.88 Å². The molecule has 1 aromatic carbocycles. The lowest BCUT2D eigenvalue weighted by Crippen LogP contribution is -2.49. The zero-order valence-corrected chi connectivity index (χ0v) is 19.8. The summed E-state index contributed by atoms with van der Waals surface area (Å²) in [5.74, 6) is -0.291. The van der Waals surface area contributed by atoms with Crippen LogP contribution in [-0.2, 0) is 13.6 Å². The Bertz CT molecular complexity index is 1410. The molecule has 1 aliphatic heterocycles. The zero-order valence-electron chi connectivity index (χ0n) is 19.0. The Morgan fingerprint density at radius 2 is 2.09 bits per heavy atom. The minimum Gasteiger partial charge on any atom is -0.470 e. The Morgan fingerprint density at radius 3 is 2.77 bits per heavy atom. The molecule has 1 aliphatic carbocycles. The summed E-state index contributed by atoms with van der Waals surface area (Å²) < 4.78 is 30.6. The summed E-state index contributed by atoms with van der Waals surface area (Å²) >= 11 is 0. The summed E-state index contributed by atoms with van der Waals surface area (Å²) in [6.07, 6.45) is 2.95. The second-order valence-corrected chi connectivity index (χ2v) is 11.1. The van der Waals surface area contributed by atoms with Gasteiger partial charge in [0.1, 0.15) is 21.9 Å². The number of nitriles is 1. The van der Waals surface area contributed by atoms with Crippen LogP contribution in [0.1, 0.15) is 40.7 Å². The predicted octanol–water partition coefficient (Wildman–Crippen LogP) is 2.67. The Hall–Kier alpha value is -3.43. The van der Waals surface area contributed by atoms with E-state index >= 15 is 0 Å². The van der Waals surface area contributed by atoms with Crippen molar-refractivity contribution in [2.75, 3.05) is 6.54 Å². The molecule has 1 amide bonds. The molecule has 35 heavy (non-hydrogen) atoms. The largest absolute Gasteiger partial charge is 0.470 e. The summed E-state index contributed by atoms with van der Waals surface area (Å²) in [6, 6.07) is 12.1. The quantitative estimate of drug-likeness (QED) is 0.422. The van der Waals surface area contributed by atoms with E-state index < -0.39 is 33.1 Å². The lowest BCUT2D eigenvalue weighted by Gasteiger charge is -2.48. The van der Waals surface area contributed by atoms with Crippen molar-refractivity contribution in [3.05, 3.63) is 69.6 Å². The maximum absolute atomic E-state index is 13.1. The van der Waals surface area contributed by atoms with E-state index in [2.05, 4.69) is 15.0 Å². The average Bonchev–Trinajstić information content (AvgIpc) is 3.66. The Balaban J connectivity index is 1.41. The molecule has 10 nitrogen and oxygen atoms in total. The number of carbonyl (C=O) groups is 1. The molecule has 0 bridgehead atoms. The molecule has 2 aromatic heterocycles. The number of nitrogens with zero attached hydrogens (tertiary/aromatic N) is 3. The molecule has 4 N–H and O–H groups in total. The maximum atomic E-state index is 13.1. The number of nitrogens with one attached hydrogen (secondary N) is 2. The first kappa shape index (κ1) is 23.3. The van der Waals surface area contributed by atoms with Crippen molar-refractivity contribution in [3.63, 3.8) is 0 Å². The van der Waals surface area contributed by atoms with Crippen LogP contribution in [-0.4, -0.2) is 42.0 Å². The number of rotatable bonds is 5. The van der Waals surface area contributed by atoms with Crippen LogP contribution in [0.3, 0.4) is 0 Å². The number of hydrogen-bond donors (Lipinski definition) is 4. The van der Waals surface area contributed by atoms with Crippen molar-refractivity contribution in [2.45, 2.75) is 36.7 Å². The summed E-state index contributed by atoms with van der Waals surface area (Å²) in [5.41, 5.74) is 1.25. The van der Waals surface area contributed by atoms with Gasteiger partial charge in [-0.15, -0.1) is 10.8 Å². The van der Waals surface area contributed by atoms with Gasteiger partial charge < -0.3 is 14.6 Å². The van der Waals surface area contributed by atoms with Crippen LogP contribution >= 0.6 is 10.8 Å². The predicted molar refractivity (Wildman–Crippen MR) is 131 cm³/mol. The van der Waals surface area contributed by atoms with Crippen molar-refractivity contribution in [3.8, 4) is 11.9 Å². The first-order valence-electron chi connectivity index (χ1n) is 11.2. The maximum Gasteiger partial charge on any atom is 0.263 e. The molecular weight excluding hydrogens is 470 g/mol. The van der Waals surface area contributed by atoms with Gasteiger partial charge in [0.2, 0.25) is 5.88 Å². The number of fused-ring (bicyclic) bond motifs is 1. The molecule has 1 unspecified atom stereocenters. The SMILES string of the molecule is Cn1c(=O)c(C(=O)NCc2ccc(C#N)cc2)cc2ccnc(OC3CCNS(O)(O)C34CC4)c21. The number of ether oxygens (including phenoxy) is 1. The summed E-state index contributed by atoms with van der Waals surface area (Å²) in [5, 5.41) is 12.3. The second-order valence-electron chi connectivity index (χ2n) is 8.87. The highest BCUT2D eigenvalue weighted by atomic mass is 32.3. The topological polar surface area (TPSA) is 150 Å². The molecule has 3 heterocycles. The van der Waals surface area contributed by atoms with Gasteiger partial charge in [0.05, 0.1) is 11.6 Å². The number of hydrogen-bond acceptors (Lipinski definition) is 8. The second kappa shape index (κ2) is 8.66. The number of carbonyl (C=O) groups excluding carboxylic acids is 1. The van der Waals surface area contributed by atoms with Gasteiger partial charge in [0.15, 0.2) is 0 Å². The molecule has 0 radical (unpaired) electrons. The van der Waals surface area contributed by atoms with Gasteiger partial charge in [-0.25, -0.2) is 9.71 Å². The van der Waals surface area contributed by atoms with E-state index in [1.165, 1.54) is 10.6 Å². The molecule has 2 fully saturated rings. The fourth-order valence-electron chi connectivity index (χ4n) is 4.58. The number of aryl methyl sites for hydroxylation is 1. The molecular formula is C24H25N5O5S. The third-order valence-electron chi connectivity index (χ3n) is 6.73. The van der Waals surface area contributed by atoms with Crippen molar-refractivity contribution in [1.29, 1.82) is 5.26 Å². The van der Waals surface area contributed by atoms with Crippen molar-refractivity contribution < 1.29 is 18.6 Å². The van der Waals surface area contributed by atoms with E-state index in [1.54, 1.807) is 43.6 Å². The van der Waals surface area contributed by atoms with Gasteiger partial charge in [-0.2, -0.15) is 5.26 Å². The normalized spacial score (nSPS) is 20.7. The van der Waals surface area contributed by atoms with Gasteiger partial charge in [-0.3, -0.25) is 18.7 Å². The lowest BCUT2D eigenvalue weighted by molar-refractivity contribution is 0.0949. The van der Waals surface area contributed by atoms with Crippen molar-refractivity contribution in [2.24, 2.45) is 7.05 Å². The fraction of sp³-hybridized carbons (Fsp3) is 0.333. The highest BCUT2D eigenvalue weighted by Crippen LogP contribution is 2.67. The third-order valence-corrected chi connectivity index (χ3v) is 9.14. The van der Waals surface area contributed by atoms with E-state index in [0.717, 1.165) is 5.56 Å². The van der Waals surface area contributed by atoms with E-state index in [1.807, 2.05) is 6.07 Å². The lowest BCUT2D eigenvalue weighted by atomic mass is 10.1. The molecule has 1 saturated carbocycles. The van der Waals surface area contributed by atoms with Crippen molar-refractivity contribution in [1.82, 2.24) is 19.6 Å². The highest BCUT2D eigenvalue weighted by Gasteiger charge is 2.62. The van der Waals surface area contributed by atoms with E-state index in [-0.39, 0.29) is 18.0 Å². The Morgan fingerprint density at radius 1 is 1.34 bits per heavy atom. The molecule has 182 valence electrons. The van der Waals surface area contributed by atoms with Crippen molar-refractivity contribution >= 4 is 27.6 Å². The third kappa shape index (κ3) is 4.04. The standard InChI is InChI=1S/C24H25N5O5S/c1-29-20-17(6-10-26-22(20)34-19-7-11-28-35(32,33)24(19)8-9-24)12-18(23(29)31)21(30)27-14-16-4-2-15(13-25)3-5-16/h2-6,10,12,19,28,32-33H,7-9,11,14H2,1H3,(H,27,30). The zero-order chi connectivity index (χ0) is 24.8. The van der Waals surface area contributed by atoms with Crippen LogP contribution in [0.15, 0.2) is 47.4 Å². The smallest absolute Gasteiger partial charge is 0.263 e. The van der Waals surface area contributed by atoms with E-state index in [0.29, 0.717) is 42.3 Å². The number of benzene rings is 1. The first-order valence-corrected chi connectivity index (χ1v) is 12.8. The summed E-state index contributed by atoms with van der Waals surface area (Å²) in [4.78, 5) is 30.3. The summed E-state index contributed by atoms with van der Waals surface area (Å²) in [6.45, 7) is 0.614. The number of aromatic nitrogens is 2. The minimum absolute atomic E-state index is 0.0134. The Kier molecular flexibility index (Phi) is 5.77. The number of pyridine rings is 2. The fourth-order valence-corrected chi connectivity index (χ4v) is 6.47. The van der Waals surface area contributed by atoms with E-state index in [9.17, 15) is 18.7 Å². The van der Waals surface area contributed by atoms with Gasteiger partial charge in [-0.1, -0.05) is 12.1 Å². The molecule has 1 spiro atoms. The van der Waals surface area contributed by atoms with Crippen LogP contribution in [0, 0.1) is 11.3 Å². The van der Waals surface area contributed by atoms with Gasteiger partial charge in [0, 0.05) is 38.1 Å². The molecule has 1 atom stereocenters. The summed E-state index contributed by atoms with van der Waals surface area (Å²) in [7, 11) is -1.43. The van der Waals surface area contributed by atoms with Crippen LogP contribution in [0.2, 0.25) is 0 Å². The van der Waals surface area contributed by atoms with Gasteiger partial charge in [-0.05, 0) is 42.7 Å². The molecule has 3 aromatic rings.